The molecule has 0 aliphatic carbocycles. The van der Waals surface area contributed by atoms with E-state index < -0.39 is 10.0 Å². The third-order valence-corrected chi connectivity index (χ3v) is 5.12. The van der Waals surface area contributed by atoms with Crippen molar-refractivity contribution in [3.8, 4) is 0 Å². The van der Waals surface area contributed by atoms with E-state index in [4.69, 9.17) is 0 Å². The van der Waals surface area contributed by atoms with Gasteiger partial charge in [0.25, 0.3) is 0 Å². The minimum Gasteiger partial charge on any atom is -0.207 e. The van der Waals surface area contributed by atoms with E-state index in [1.807, 2.05) is 39.8 Å². The number of benzene rings is 1. The zero-order valence-electron chi connectivity index (χ0n) is 10.9. The zero-order valence-corrected chi connectivity index (χ0v) is 11.8. The Morgan fingerprint density at radius 3 is 2.18 bits per heavy atom. The highest BCUT2D eigenvalue weighted by atomic mass is 32.2. The first-order chi connectivity index (χ1) is 7.84. The molecule has 0 bridgehead atoms. The predicted molar refractivity (Wildman–Crippen MR) is 70.5 cm³/mol. The number of rotatable bonds is 5. The maximum absolute atomic E-state index is 12.3. The Morgan fingerprint density at radius 2 is 1.71 bits per heavy atom. The van der Waals surface area contributed by atoms with Crippen LogP contribution in [0.1, 0.15) is 39.2 Å². The second-order valence-electron chi connectivity index (χ2n) is 4.64. The summed E-state index contributed by atoms with van der Waals surface area (Å²) < 4.78 is 27.3. The lowest BCUT2D eigenvalue weighted by atomic mass is 9.98. The van der Waals surface area contributed by atoms with E-state index in [2.05, 4.69) is 4.72 Å². The van der Waals surface area contributed by atoms with Crippen LogP contribution >= 0.6 is 0 Å². The second kappa shape index (κ2) is 5.19. The van der Waals surface area contributed by atoms with Crippen molar-refractivity contribution in [3.63, 3.8) is 0 Å². The molecular weight excluding hydrogens is 234 g/mol. The molecule has 0 aliphatic heterocycles. The van der Waals surface area contributed by atoms with Crippen LogP contribution in [0.5, 0.6) is 0 Å². The molecule has 3 nitrogen and oxygen atoms in total. The largest absolute Gasteiger partial charge is 0.241 e. The number of aryl methyl sites for hydroxylation is 1. The van der Waals surface area contributed by atoms with Gasteiger partial charge in [-0.3, -0.25) is 0 Å². The molecule has 0 unspecified atom stereocenters. The summed E-state index contributed by atoms with van der Waals surface area (Å²) in [7, 11) is -3.42. The standard InChI is InChI=1S/C13H21NO2S/c1-5-13(4,6-2)14-17(15,16)12-10-8-7-9-11(12)3/h7-10,14H,5-6H2,1-4H3. The fourth-order valence-corrected chi connectivity index (χ4v) is 3.43. The van der Waals surface area contributed by atoms with Gasteiger partial charge in [-0.05, 0) is 38.3 Å². The molecule has 0 fully saturated rings. The average Bonchev–Trinajstić information content (AvgIpc) is 2.28. The lowest BCUT2D eigenvalue weighted by molar-refractivity contribution is 0.388. The van der Waals surface area contributed by atoms with Crippen LogP contribution in [0.4, 0.5) is 0 Å². The summed E-state index contributed by atoms with van der Waals surface area (Å²) in [6.07, 6.45) is 1.54. The summed E-state index contributed by atoms with van der Waals surface area (Å²) in [5.41, 5.74) is 0.399. The van der Waals surface area contributed by atoms with Gasteiger partial charge in [0.1, 0.15) is 0 Å². The molecule has 1 rings (SSSR count). The van der Waals surface area contributed by atoms with Crippen LogP contribution in [0, 0.1) is 6.92 Å². The molecule has 0 radical (unpaired) electrons. The van der Waals surface area contributed by atoms with Crippen molar-refractivity contribution < 1.29 is 8.42 Å². The molecule has 1 aromatic carbocycles. The van der Waals surface area contributed by atoms with E-state index >= 15 is 0 Å². The van der Waals surface area contributed by atoms with Gasteiger partial charge in [-0.15, -0.1) is 0 Å². The smallest absolute Gasteiger partial charge is 0.207 e. The summed E-state index contributed by atoms with van der Waals surface area (Å²) in [6.45, 7) is 7.72. The first kappa shape index (κ1) is 14.2. The van der Waals surface area contributed by atoms with E-state index in [1.54, 1.807) is 12.1 Å². The van der Waals surface area contributed by atoms with Gasteiger partial charge < -0.3 is 0 Å². The monoisotopic (exact) mass is 255 g/mol. The van der Waals surface area contributed by atoms with Crippen LogP contribution in [0.25, 0.3) is 0 Å². The van der Waals surface area contributed by atoms with Gasteiger partial charge in [0.2, 0.25) is 10.0 Å². The van der Waals surface area contributed by atoms with E-state index in [0.29, 0.717) is 4.90 Å². The lowest BCUT2D eigenvalue weighted by Gasteiger charge is -2.28. The fraction of sp³-hybridized carbons (Fsp3) is 0.538. The van der Waals surface area contributed by atoms with E-state index in [0.717, 1.165) is 18.4 Å². The highest BCUT2D eigenvalue weighted by molar-refractivity contribution is 7.89. The molecule has 17 heavy (non-hydrogen) atoms. The summed E-state index contributed by atoms with van der Waals surface area (Å²) >= 11 is 0. The lowest BCUT2D eigenvalue weighted by Crippen LogP contribution is -2.44. The Balaban J connectivity index is 3.10. The molecule has 0 atom stereocenters. The zero-order chi connectivity index (χ0) is 13.1. The van der Waals surface area contributed by atoms with Gasteiger partial charge in [0, 0.05) is 5.54 Å². The third-order valence-electron chi connectivity index (χ3n) is 3.32. The van der Waals surface area contributed by atoms with E-state index in [1.165, 1.54) is 0 Å². The third kappa shape index (κ3) is 3.30. The number of sulfonamides is 1. The highest BCUT2D eigenvalue weighted by Gasteiger charge is 2.27. The van der Waals surface area contributed by atoms with Crippen molar-refractivity contribution in [2.75, 3.05) is 0 Å². The molecule has 0 heterocycles. The minimum atomic E-state index is -3.42. The van der Waals surface area contributed by atoms with Crippen molar-refractivity contribution >= 4 is 10.0 Å². The van der Waals surface area contributed by atoms with Crippen molar-refractivity contribution in [1.82, 2.24) is 4.72 Å². The molecular formula is C13H21NO2S. The molecule has 1 N–H and O–H groups in total. The van der Waals surface area contributed by atoms with E-state index in [9.17, 15) is 8.42 Å². The molecule has 0 aliphatic rings. The quantitative estimate of drug-likeness (QED) is 0.879. The predicted octanol–water partition coefficient (Wildman–Crippen LogP) is 2.85. The van der Waals surface area contributed by atoms with Crippen LogP contribution in [-0.2, 0) is 10.0 Å². The topological polar surface area (TPSA) is 46.2 Å². The van der Waals surface area contributed by atoms with Crippen LogP contribution in [-0.4, -0.2) is 14.0 Å². The number of hydrogen-bond acceptors (Lipinski definition) is 2. The van der Waals surface area contributed by atoms with Gasteiger partial charge in [-0.25, -0.2) is 13.1 Å². The molecule has 0 amide bonds. The van der Waals surface area contributed by atoms with Crippen LogP contribution < -0.4 is 4.72 Å². The minimum absolute atomic E-state index is 0.369. The van der Waals surface area contributed by atoms with Crippen molar-refractivity contribution in [2.45, 2.75) is 51.0 Å². The Morgan fingerprint density at radius 1 is 1.18 bits per heavy atom. The number of hydrogen-bond donors (Lipinski definition) is 1. The Kier molecular flexibility index (Phi) is 4.33. The first-order valence-electron chi connectivity index (χ1n) is 5.94. The van der Waals surface area contributed by atoms with Crippen LogP contribution in [0.15, 0.2) is 29.2 Å². The Bertz CT molecular complexity index is 476. The highest BCUT2D eigenvalue weighted by Crippen LogP contribution is 2.20. The molecule has 0 saturated carbocycles. The molecule has 1 aromatic rings. The van der Waals surface area contributed by atoms with Crippen molar-refractivity contribution in [1.29, 1.82) is 0 Å². The molecule has 4 heteroatoms. The average molecular weight is 255 g/mol. The molecule has 0 spiro atoms. The summed E-state index contributed by atoms with van der Waals surface area (Å²) in [4.78, 5) is 0.369. The second-order valence-corrected chi connectivity index (χ2v) is 6.29. The van der Waals surface area contributed by atoms with Gasteiger partial charge in [0.15, 0.2) is 0 Å². The van der Waals surface area contributed by atoms with Gasteiger partial charge in [-0.2, -0.15) is 0 Å². The summed E-state index contributed by atoms with van der Waals surface area (Å²) in [6, 6.07) is 7.04. The molecule has 0 aromatic heterocycles. The van der Waals surface area contributed by atoms with Crippen molar-refractivity contribution in [2.24, 2.45) is 0 Å². The van der Waals surface area contributed by atoms with Crippen LogP contribution in [0.2, 0.25) is 0 Å². The maximum Gasteiger partial charge on any atom is 0.241 e. The summed E-state index contributed by atoms with van der Waals surface area (Å²) in [5, 5.41) is 0. The molecule has 0 saturated heterocycles. The van der Waals surface area contributed by atoms with Gasteiger partial charge >= 0.3 is 0 Å². The molecule has 96 valence electrons. The van der Waals surface area contributed by atoms with Crippen molar-refractivity contribution in [3.05, 3.63) is 29.8 Å². The Labute approximate surface area is 104 Å². The van der Waals surface area contributed by atoms with Crippen LogP contribution in [0.3, 0.4) is 0 Å². The SMILES string of the molecule is CCC(C)(CC)NS(=O)(=O)c1ccccc1C. The normalized spacial score (nSPS) is 12.7. The maximum atomic E-state index is 12.3. The van der Waals surface area contributed by atoms with E-state index in [-0.39, 0.29) is 5.54 Å². The van der Waals surface area contributed by atoms with Gasteiger partial charge in [0.05, 0.1) is 4.90 Å². The first-order valence-corrected chi connectivity index (χ1v) is 7.42. The fourth-order valence-electron chi connectivity index (χ4n) is 1.63. The summed E-state index contributed by atoms with van der Waals surface area (Å²) in [5.74, 6) is 0. The van der Waals surface area contributed by atoms with Gasteiger partial charge in [-0.1, -0.05) is 32.0 Å². The Hall–Kier alpha value is -0.870. The number of nitrogens with one attached hydrogen (secondary N) is 1.